The molecular weight excluding hydrogens is 1290 g/mol. The maximum Gasteiger partial charge on any atom is 0.295 e. The largest absolute Gasteiger partial charge is 0.508 e. The Hall–Kier alpha value is -9.63. The van der Waals surface area contributed by atoms with Crippen molar-refractivity contribution in [3.63, 3.8) is 0 Å². The van der Waals surface area contributed by atoms with Crippen LogP contribution in [0.1, 0.15) is 158 Å². The number of aromatic hydroxyl groups is 1. The van der Waals surface area contributed by atoms with Crippen LogP contribution in [0.2, 0.25) is 0 Å². The quantitative estimate of drug-likeness (QED) is 0.00683. The van der Waals surface area contributed by atoms with Crippen LogP contribution in [0.3, 0.4) is 0 Å². The zero-order chi connectivity index (χ0) is 71.7. The molecule has 99 heavy (non-hydrogen) atoms. The highest BCUT2D eigenvalue weighted by molar-refractivity contribution is 7.86. The summed E-state index contributed by atoms with van der Waals surface area (Å²) in [5.74, 6) is -4.00. The van der Waals surface area contributed by atoms with Crippen LogP contribution in [0.25, 0.3) is 0 Å². The number of carbonyl (C=O) groups excluding carboxylic acids is 9. The van der Waals surface area contributed by atoms with Crippen molar-refractivity contribution in [1.29, 1.82) is 0 Å². The van der Waals surface area contributed by atoms with E-state index in [4.69, 9.17) is 0 Å². The van der Waals surface area contributed by atoms with Crippen molar-refractivity contribution < 1.29 is 65.8 Å². The van der Waals surface area contributed by atoms with Crippen molar-refractivity contribution in [2.45, 2.75) is 185 Å². The molecule has 9 amide bonds. The Bertz CT molecular complexity index is 3600. The molecular formula is C72H98N13O13S+. The number of rotatable bonds is 41. The van der Waals surface area contributed by atoms with Crippen molar-refractivity contribution in [2.24, 2.45) is 16.9 Å². The average molecular weight is 1390 g/mol. The molecule has 11 N–H and O–H groups in total. The molecule has 1 aliphatic heterocycles. The molecule has 6 rings (SSSR count). The number of carbonyl (C=O) groups is 9. The number of nitrogens with zero attached hydrogens (tertiary/aromatic N) is 4. The third-order valence-electron chi connectivity index (χ3n) is 16.6. The molecule has 3 aromatic carbocycles. The molecule has 0 radical (unpaired) electrons. The first-order valence-electron chi connectivity index (χ1n) is 34.2. The summed E-state index contributed by atoms with van der Waals surface area (Å²) in [5, 5.41) is 36.5. The number of pyridine rings is 2. The Labute approximate surface area is 580 Å². The lowest BCUT2D eigenvalue weighted by Crippen LogP contribution is -2.58. The molecule has 534 valence electrons. The highest BCUT2D eigenvalue weighted by atomic mass is 32.2. The van der Waals surface area contributed by atoms with Crippen LogP contribution in [-0.2, 0) is 67.9 Å². The van der Waals surface area contributed by atoms with Crippen LogP contribution in [0, 0.1) is 11.8 Å². The second kappa shape index (κ2) is 40.9. The van der Waals surface area contributed by atoms with Crippen molar-refractivity contribution in [3.05, 3.63) is 144 Å². The van der Waals surface area contributed by atoms with Crippen molar-refractivity contribution in [2.75, 3.05) is 36.9 Å². The van der Waals surface area contributed by atoms with Gasteiger partial charge in [-0.05, 0) is 105 Å². The van der Waals surface area contributed by atoms with Gasteiger partial charge < -0.3 is 52.5 Å². The molecule has 1 fully saturated rings. The molecule has 5 aromatic rings. The molecule has 0 aliphatic carbocycles. The van der Waals surface area contributed by atoms with Crippen LogP contribution in [0.15, 0.2) is 132 Å². The van der Waals surface area contributed by atoms with Gasteiger partial charge in [-0.1, -0.05) is 127 Å². The van der Waals surface area contributed by atoms with E-state index < -0.39 is 82.3 Å². The maximum atomic E-state index is 14.5. The number of aromatic nitrogens is 2. The molecule has 27 heteroatoms. The van der Waals surface area contributed by atoms with Gasteiger partial charge in [-0.25, -0.2) is 9.55 Å². The van der Waals surface area contributed by atoms with E-state index in [-0.39, 0.29) is 84.5 Å². The lowest BCUT2D eigenvalue weighted by Gasteiger charge is -2.27. The smallest absolute Gasteiger partial charge is 0.295 e. The first kappa shape index (κ1) is 78.4. The SMILES string of the molecule is CC(=O)N1CCC[C@H]1C(=O)N[C@@H](CC(C)C)C(=O)NCC(=O)N[C@@H](CCc1ccccc1)C(=O)N[C@@H](Cc1ccc(O)cc1)C(=O)N[C@@H](CC(C)C)C(=O)Nc1cc[n+](CCCCCCCCCCCC(=O)NCCNC(=O)c2ccc(N/N=C/c3ccccc3S(=O)(=O)O)nc2)cc1. The summed E-state index contributed by atoms with van der Waals surface area (Å²) in [6.45, 7) is 10.2. The lowest BCUT2D eigenvalue weighted by molar-refractivity contribution is -0.697. The second-order valence-electron chi connectivity index (χ2n) is 25.7. The summed E-state index contributed by atoms with van der Waals surface area (Å²) in [7, 11) is -4.43. The summed E-state index contributed by atoms with van der Waals surface area (Å²) in [5.41, 5.74) is 5.12. The third kappa shape index (κ3) is 28.4. The van der Waals surface area contributed by atoms with Gasteiger partial charge in [0, 0.05) is 69.7 Å². The number of nitrogens with one attached hydrogen (secondary N) is 9. The van der Waals surface area contributed by atoms with Crippen molar-refractivity contribution in [3.8, 4) is 5.75 Å². The Morgan fingerprint density at radius 1 is 0.646 bits per heavy atom. The summed E-state index contributed by atoms with van der Waals surface area (Å²) >= 11 is 0. The van der Waals surface area contributed by atoms with Gasteiger partial charge in [-0.3, -0.25) is 53.1 Å². The molecule has 5 atom stereocenters. The molecule has 1 saturated heterocycles. The normalized spacial score (nSPS) is 14.1. The van der Waals surface area contributed by atoms with Gasteiger partial charge in [0.1, 0.15) is 53.2 Å². The number of phenolic OH excluding ortho intramolecular Hbond substituents is 1. The zero-order valence-electron chi connectivity index (χ0n) is 57.3. The fraction of sp³-hybridized carbons (Fsp3) is 0.472. The fourth-order valence-electron chi connectivity index (χ4n) is 11.4. The van der Waals surface area contributed by atoms with E-state index in [9.17, 15) is 61.2 Å². The van der Waals surface area contributed by atoms with E-state index >= 15 is 0 Å². The molecule has 2 aromatic heterocycles. The van der Waals surface area contributed by atoms with Crippen LogP contribution in [0.4, 0.5) is 11.5 Å². The molecule has 0 bridgehead atoms. The van der Waals surface area contributed by atoms with Crippen LogP contribution < -0.4 is 52.5 Å². The molecule has 3 heterocycles. The average Bonchev–Trinajstić information content (AvgIpc) is 1.84. The summed E-state index contributed by atoms with van der Waals surface area (Å²) < 4.78 is 34.6. The van der Waals surface area contributed by atoms with E-state index in [0.29, 0.717) is 54.9 Å². The minimum atomic E-state index is -4.43. The Balaban J connectivity index is 0.900. The number of hydrogen-bond acceptors (Lipinski definition) is 15. The van der Waals surface area contributed by atoms with Crippen molar-refractivity contribution in [1.82, 2.24) is 47.1 Å². The third-order valence-corrected chi connectivity index (χ3v) is 17.5. The zero-order valence-corrected chi connectivity index (χ0v) is 58.1. The van der Waals surface area contributed by atoms with Gasteiger partial charge in [0.2, 0.25) is 47.3 Å². The predicted octanol–water partition coefficient (Wildman–Crippen LogP) is 6.19. The van der Waals surface area contributed by atoms with Gasteiger partial charge in [0.25, 0.3) is 16.0 Å². The molecule has 0 saturated carbocycles. The number of benzene rings is 3. The van der Waals surface area contributed by atoms with Gasteiger partial charge in [0.15, 0.2) is 12.4 Å². The number of hydrazone groups is 1. The van der Waals surface area contributed by atoms with Gasteiger partial charge >= 0.3 is 0 Å². The highest BCUT2D eigenvalue weighted by Crippen LogP contribution is 2.20. The Morgan fingerprint density at radius 2 is 1.26 bits per heavy atom. The predicted molar refractivity (Wildman–Crippen MR) is 375 cm³/mol. The molecule has 26 nitrogen and oxygen atoms in total. The minimum absolute atomic E-state index is 0.00194. The first-order chi connectivity index (χ1) is 47.4. The number of hydrogen-bond donors (Lipinski definition) is 11. The number of likely N-dealkylation sites (tertiary alicyclic amines) is 1. The number of phenols is 1. The monoisotopic (exact) mass is 1380 g/mol. The van der Waals surface area contributed by atoms with E-state index in [1.165, 1.54) is 66.7 Å². The van der Waals surface area contributed by atoms with Gasteiger partial charge in [-0.2, -0.15) is 13.5 Å². The van der Waals surface area contributed by atoms with Gasteiger partial charge in [0.05, 0.1) is 24.0 Å². The maximum absolute atomic E-state index is 14.5. The lowest BCUT2D eigenvalue weighted by atomic mass is 10.00. The van der Waals surface area contributed by atoms with Crippen LogP contribution in [-0.4, -0.2) is 144 Å². The summed E-state index contributed by atoms with van der Waals surface area (Å²) in [6.07, 6.45) is 18.0. The second-order valence-corrected chi connectivity index (χ2v) is 27.1. The fourth-order valence-corrected chi connectivity index (χ4v) is 12.0. The minimum Gasteiger partial charge on any atom is -0.508 e. The Kier molecular flexibility index (Phi) is 32.4. The highest BCUT2D eigenvalue weighted by Gasteiger charge is 2.36. The molecule has 0 spiro atoms. The standard InChI is InChI=1S/C72H97N13O13S/c1-49(2)43-59(82-72(95)62-24-20-40-85(62)51(5)86)68(91)76-48-66(89)79-58(33-29-52-21-14-13-15-22-52)69(92)81-61(45-53-27-31-57(87)32-28-53)71(94)80-60(44-50(3)4)70(93)78-56-35-41-84(42-36-56)39-19-12-10-8-6-7-9-11-16-26-65(88)73-37-38-74-67(90)55-30-34-64(75-46-55)83-77-47-54-23-17-18-25-63(54)99(96,97)98/h13-15,17-18,21-23,25,27-28,30-32,34-36,41-42,46-47,49-50,58-62H,6-12,16,19-20,24,26,29,33,37-40,43-45,48H2,1-5H3,(H10,73,74,75,76,79,80,81,82,83,87,88,89,90,91,92,94,95,96,97,98)/p+1/b77-47+/t58-,59-,60-,61-,62-/m0/s1. The number of unbranched alkanes of at least 4 members (excludes halogenated alkanes) is 8. The van der Waals surface area contributed by atoms with E-state index in [1.54, 1.807) is 30.3 Å². The van der Waals surface area contributed by atoms with Crippen LogP contribution in [0.5, 0.6) is 5.75 Å². The summed E-state index contributed by atoms with van der Waals surface area (Å²) in [6, 6.07) is 22.8. The Morgan fingerprint density at radius 3 is 1.91 bits per heavy atom. The topological polar surface area (TPSA) is 369 Å². The summed E-state index contributed by atoms with van der Waals surface area (Å²) in [4.78, 5) is 126. The van der Waals surface area contributed by atoms with Gasteiger partial charge in [-0.15, -0.1) is 0 Å². The molecule has 1 aliphatic rings. The number of aryl methyl sites for hydroxylation is 2. The van der Waals surface area contributed by atoms with E-state index in [0.717, 1.165) is 69.9 Å². The number of anilines is 2. The number of amides is 9. The van der Waals surface area contributed by atoms with E-state index in [1.807, 2.05) is 75.0 Å². The van der Waals surface area contributed by atoms with E-state index in [2.05, 4.69) is 58.0 Å². The van der Waals surface area contributed by atoms with Crippen LogP contribution >= 0.6 is 0 Å². The van der Waals surface area contributed by atoms with Crippen molar-refractivity contribution >= 4 is 81.0 Å². The first-order valence-corrected chi connectivity index (χ1v) is 35.6. The molecule has 0 unspecified atom stereocenters.